The van der Waals surface area contributed by atoms with E-state index < -0.39 is 9.84 Å². The first-order valence-corrected chi connectivity index (χ1v) is 8.75. The normalized spacial score (nSPS) is 22.6. The zero-order chi connectivity index (χ0) is 13.3. The van der Waals surface area contributed by atoms with Crippen LogP contribution in [0, 0.1) is 0 Å². The van der Waals surface area contributed by atoms with Crippen LogP contribution in [0.15, 0.2) is 18.2 Å². The van der Waals surface area contributed by atoms with Crippen molar-refractivity contribution in [2.45, 2.75) is 19.4 Å². The molecule has 2 aliphatic heterocycles. The fourth-order valence-corrected chi connectivity index (χ4v) is 4.26. The molecule has 0 saturated carbocycles. The number of fused-ring (bicyclic) bond motifs is 1. The second kappa shape index (κ2) is 5.13. The van der Waals surface area contributed by atoms with E-state index in [0.717, 1.165) is 32.5 Å². The first kappa shape index (κ1) is 12.9. The predicted molar refractivity (Wildman–Crippen MR) is 77.3 cm³/mol. The van der Waals surface area contributed by atoms with Crippen LogP contribution in [0.1, 0.15) is 17.5 Å². The molecule has 104 valence electrons. The largest absolute Gasteiger partial charge is 0.370 e. The van der Waals surface area contributed by atoms with Crippen LogP contribution in [0.5, 0.6) is 0 Å². The van der Waals surface area contributed by atoms with Crippen LogP contribution in [0.2, 0.25) is 0 Å². The highest BCUT2D eigenvalue weighted by atomic mass is 32.2. The second-order valence-electron chi connectivity index (χ2n) is 5.33. The highest BCUT2D eigenvalue weighted by Gasteiger charge is 2.22. The summed E-state index contributed by atoms with van der Waals surface area (Å²) in [6.45, 7) is 3.42. The quantitative estimate of drug-likeness (QED) is 0.832. The lowest BCUT2D eigenvalue weighted by molar-refractivity contribution is 0.597. The minimum Gasteiger partial charge on any atom is -0.370 e. The number of nitrogens with one attached hydrogen (secondary N) is 1. The fourth-order valence-electron chi connectivity index (χ4n) is 2.99. The topological polar surface area (TPSA) is 49.4 Å². The number of rotatable bonds is 1. The molecule has 5 heteroatoms. The van der Waals surface area contributed by atoms with E-state index in [0.29, 0.717) is 12.3 Å². The van der Waals surface area contributed by atoms with Crippen molar-refractivity contribution in [2.75, 3.05) is 36.0 Å². The third-order valence-electron chi connectivity index (χ3n) is 4.01. The molecular formula is C14H20N2O2S. The summed E-state index contributed by atoms with van der Waals surface area (Å²) >= 11 is 0. The van der Waals surface area contributed by atoms with Crippen molar-refractivity contribution in [3.8, 4) is 0 Å². The van der Waals surface area contributed by atoms with Gasteiger partial charge in [0, 0.05) is 25.3 Å². The average Bonchev–Trinajstić information content (AvgIpc) is 2.59. The van der Waals surface area contributed by atoms with Crippen LogP contribution in [-0.2, 0) is 22.8 Å². The first-order valence-electron chi connectivity index (χ1n) is 6.92. The highest BCUT2D eigenvalue weighted by Crippen LogP contribution is 2.27. The molecule has 0 amide bonds. The third kappa shape index (κ3) is 2.77. The molecule has 1 aromatic rings. The molecule has 3 rings (SSSR count). The molecule has 1 aromatic carbocycles. The van der Waals surface area contributed by atoms with E-state index in [1.165, 1.54) is 16.8 Å². The second-order valence-corrected chi connectivity index (χ2v) is 7.64. The Morgan fingerprint density at radius 3 is 2.95 bits per heavy atom. The monoisotopic (exact) mass is 280 g/mol. The SMILES string of the molecule is O=S1(=O)CCCN(c2cccc3c2CCNC3)CC1. The van der Waals surface area contributed by atoms with Gasteiger partial charge in [-0.1, -0.05) is 12.1 Å². The Hall–Kier alpha value is -1.07. The van der Waals surface area contributed by atoms with E-state index in [2.05, 4.69) is 28.4 Å². The zero-order valence-corrected chi connectivity index (χ0v) is 11.9. The maximum Gasteiger partial charge on any atom is 0.152 e. The molecular weight excluding hydrogens is 260 g/mol. The van der Waals surface area contributed by atoms with Crippen LogP contribution in [0.4, 0.5) is 5.69 Å². The van der Waals surface area contributed by atoms with Gasteiger partial charge < -0.3 is 10.2 Å². The Bertz CT molecular complexity index is 569. The summed E-state index contributed by atoms with van der Waals surface area (Å²) in [4.78, 5) is 2.26. The Balaban J connectivity index is 1.90. The Labute approximate surface area is 114 Å². The summed E-state index contributed by atoms with van der Waals surface area (Å²) in [6.07, 6.45) is 1.78. The van der Waals surface area contributed by atoms with Crippen LogP contribution in [-0.4, -0.2) is 39.6 Å². The number of benzene rings is 1. The smallest absolute Gasteiger partial charge is 0.152 e. The van der Waals surface area contributed by atoms with Crippen LogP contribution in [0.3, 0.4) is 0 Å². The van der Waals surface area contributed by atoms with Gasteiger partial charge >= 0.3 is 0 Å². The summed E-state index contributed by atoms with van der Waals surface area (Å²) < 4.78 is 23.4. The zero-order valence-electron chi connectivity index (χ0n) is 11.1. The number of hydrogen-bond acceptors (Lipinski definition) is 4. The van der Waals surface area contributed by atoms with Crippen LogP contribution < -0.4 is 10.2 Å². The highest BCUT2D eigenvalue weighted by molar-refractivity contribution is 7.91. The predicted octanol–water partition coefficient (Wildman–Crippen LogP) is 0.957. The minimum atomic E-state index is -2.84. The van der Waals surface area contributed by atoms with E-state index in [4.69, 9.17) is 0 Å². The lowest BCUT2D eigenvalue weighted by Crippen LogP contribution is -2.31. The lowest BCUT2D eigenvalue weighted by atomic mass is 9.98. The van der Waals surface area contributed by atoms with E-state index in [9.17, 15) is 8.42 Å². The van der Waals surface area contributed by atoms with E-state index in [1.807, 2.05) is 0 Å². The summed E-state index contributed by atoms with van der Waals surface area (Å²) in [5, 5.41) is 3.38. The van der Waals surface area contributed by atoms with Crippen molar-refractivity contribution in [2.24, 2.45) is 0 Å². The average molecular weight is 280 g/mol. The van der Waals surface area contributed by atoms with Gasteiger partial charge in [0.1, 0.15) is 0 Å². The molecule has 0 spiro atoms. The van der Waals surface area contributed by atoms with Gasteiger partial charge in [0.25, 0.3) is 0 Å². The molecule has 0 atom stereocenters. The molecule has 1 saturated heterocycles. The third-order valence-corrected chi connectivity index (χ3v) is 5.73. The number of hydrogen-bond donors (Lipinski definition) is 1. The number of anilines is 1. The van der Waals surface area contributed by atoms with Crippen molar-refractivity contribution < 1.29 is 8.42 Å². The lowest BCUT2D eigenvalue weighted by Gasteiger charge is -2.28. The minimum absolute atomic E-state index is 0.287. The van der Waals surface area contributed by atoms with Gasteiger partial charge in [0.15, 0.2) is 9.84 Å². The van der Waals surface area contributed by atoms with Gasteiger partial charge in [-0.2, -0.15) is 0 Å². The Morgan fingerprint density at radius 2 is 2.05 bits per heavy atom. The summed E-state index contributed by atoms with van der Waals surface area (Å²) in [6, 6.07) is 6.39. The van der Waals surface area contributed by atoms with E-state index >= 15 is 0 Å². The van der Waals surface area contributed by atoms with Crippen molar-refractivity contribution >= 4 is 15.5 Å². The molecule has 1 N–H and O–H groups in total. The van der Waals surface area contributed by atoms with Gasteiger partial charge in [-0.3, -0.25) is 0 Å². The van der Waals surface area contributed by atoms with Gasteiger partial charge in [-0.15, -0.1) is 0 Å². The maximum atomic E-state index is 11.7. The molecule has 0 aliphatic carbocycles. The molecule has 0 radical (unpaired) electrons. The molecule has 2 heterocycles. The van der Waals surface area contributed by atoms with E-state index in [-0.39, 0.29) is 5.75 Å². The van der Waals surface area contributed by atoms with Crippen molar-refractivity contribution in [3.05, 3.63) is 29.3 Å². The Morgan fingerprint density at radius 1 is 1.16 bits per heavy atom. The van der Waals surface area contributed by atoms with Gasteiger partial charge in [-0.25, -0.2) is 8.42 Å². The molecule has 0 aromatic heterocycles. The van der Waals surface area contributed by atoms with Gasteiger partial charge in [0.05, 0.1) is 11.5 Å². The molecule has 0 bridgehead atoms. The Kier molecular flexibility index (Phi) is 3.50. The maximum absolute atomic E-state index is 11.7. The fraction of sp³-hybridized carbons (Fsp3) is 0.571. The molecule has 4 nitrogen and oxygen atoms in total. The molecule has 0 unspecified atom stereocenters. The number of sulfone groups is 1. The van der Waals surface area contributed by atoms with Gasteiger partial charge in [0.2, 0.25) is 0 Å². The summed E-state index contributed by atoms with van der Waals surface area (Å²) in [5.41, 5.74) is 4.01. The molecule has 19 heavy (non-hydrogen) atoms. The van der Waals surface area contributed by atoms with Crippen molar-refractivity contribution in [1.29, 1.82) is 0 Å². The summed E-state index contributed by atoms with van der Waals surface area (Å²) in [7, 11) is -2.84. The van der Waals surface area contributed by atoms with Crippen LogP contribution in [0.25, 0.3) is 0 Å². The first-order chi connectivity index (χ1) is 9.16. The molecule has 2 aliphatic rings. The molecule has 1 fully saturated rings. The number of nitrogens with zero attached hydrogens (tertiary/aromatic N) is 1. The van der Waals surface area contributed by atoms with Crippen molar-refractivity contribution in [3.63, 3.8) is 0 Å². The van der Waals surface area contributed by atoms with E-state index in [1.54, 1.807) is 0 Å². The standard InChI is InChI=1S/C14H20N2O2S/c17-19(18)9-2-7-16(8-10-19)14-4-1-3-12-11-15-6-5-13(12)14/h1,3-4,15H,2,5-11H2. The van der Waals surface area contributed by atoms with Crippen molar-refractivity contribution in [1.82, 2.24) is 5.32 Å². The van der Waals surface area contributed by atoms with Gasteiger partial charge in [-0.05, 0) is 36.6 Å². The van der Waals surface area contributed by atoms with Crippen LogP contribution >= 0.6 is 0 Å². The summed E-state index contributed by atoms with van der Waals surface area (Å²) in [5.74, 6) is 0.620.